The number of carbonyl (C=O) groups is 2. The van der Waals surface area contributed by atoms with E-state index in [9.17, 15) is 14.8 Å². The third-order valence-electron chi connectivity index (χ3n) is 6.68. The highest BCUT2D eigenvalue weighted by atomic mass is 16.5. The first-order valence-corrected chi connectivity index (χ1v) is 12.2. The summed E-state index contributed by atoms with van der Waals surface area (Å²) in [6.45, 7) is 6.30. The van der Waals surface area contributed by atoms with Crippen LogP contribution in [-0.2, 0) is 16.0 Å². The Morgan fingerprint density at radius 2 is 1.91 bits per heavy atom. The number of aryl methyl sites for hydroxylation is 1. The van der Waals surface area contributed by atoms with Crippen molar-refractivity contribution in [3.63, 3.8) is 0 Å². The van der Waals surface area contributed by atoms with Gasteiger partial charge in [-0.1, -0.05) is 43.7 Å². The van der Waals surface area contributed by atoms with Crippen LogP contribution in [0.4, 0.5) is 0 Å². The van der Waals surface area contributed by atoms with Crippen molar-refractivity contribution in [3.8, 4) is 0 Å². The maximum atomic E-state index is 13.0. The number of hydroxylamine groups is 2. The number of aromatic nitrogens is 1. The van der Waals surface area contributed by atoms with Crippen molar-refractivity contribution in [2.45, 2.75) is 52.1 Å². The standard InChI is InChI=1S/C28H33N3O4/c1-4-5-14-35-28(33)26-19(3)31(34)17-25(26)30-27(32)21-12-10-20(11-13-21)16-22-15-18(2)29-24-9-7-6-8-23(22)24/h6-13,15,19,25-26,34H,4-5,14,16-17H2,1-3H3,(H,30,32)/t19?,25-,26+/m1/s1. The van der Waals surface area contributed by atoms with Crippen molar-refractivity contribution >= 4 is 22.8 Å². The summed E-state index contributed by atoms with van der Waals surface area (Å²) in [4.78, 5) is 30.2. The summed E-state index contributed by atoms with van der Waals surface area (Å²) < 4.78 is 5.38. The molecule has 2 N–H and O–H groups in total. The van der Waals surface area contributed by atoms with E-state index >= 15 is 0 Å². The number of nitrogens with one attached hydrogen (secondary N) is 1. The summed E-state index contributed by atoms with van der Waals surface area (Å²) in [6, 6.07) is 16.7. The molecule has 184 valence electrons. The van der Waals surface area contributed by atoms with Gasteiger partial charge in [-0.05, 0) is 62.1 Å². The number of hydrogen-bond donors (Lipinski definition) is 2. The maximum absolute atomic E-state index is 13.0. The molecule has 3 aromatic rings. The lowest BCUT2D eigenvalue weighted by atomic mass is 9.97. The molecule has 2 heterocycles. The molecule has 0 spiro atoms. The first kappa shape index (κ1) is 24.8. The van der Waals surface area contributed by atoms with E-state index < -0.39 is 18.0 Å². The molecule has 1 aliphatic heterocycles. The molecule has 1 aliphatic rings. The molecule has 0 saturated carbocycles. The summed E-state index contributed by atoms with van der Waals surface area (Å²) in [5.41, 5.74) is 4.74. The number of esters is 1. The second-order valence-corrected chi connectivity index (χ2v) is 9.30. The molecular formula is C28H33N3O4. The zero-order valence-corrected chi connectivity index (χ0v) is 20.5. The number of ether oxygens (including phenoxy) is 1. The van der Waals surface area contributed by atoms with Crippen molar-refractivity contribution in [1.82, 2.24) is 15.4 Å². The molecule has 7 heteroatoms. The number of benzene rings is 2. The molecule has 1 amide bonds. The van der Waals surface area contributed by atoms with Crippen LogP contribution in [0.25, 0.3) is 10.9 Å². The molecule has 0 radical (unpaired) electrons. The fourth-order valence-electron chi connectivity index (χ4n) is 4.70. The number of nitrogens with zero attached hydrogens (tertiary/aromatic N) is 2. The normalized spacial score (nSPS) is 20.2. The van der Waals surface area contributed by atoms with E-state index in [1.54, 1.807) is 19.1 Å². The molecule has 1 unspecified atom stereocenters. The Morgan fingerprint density at radius 3 is 2.66 bits per heavy atom. The molecule has 1 fully saturated rings. The predicted octanol–water partition coefficient (Wildman–Crippen LogP) is 4.29. The Labute approximate surface area is 206 Å². The molecule has 1 saturated heterocycles. The molecule has 35 heavy (non-hydrogen) atoms. The van der Waals surface area contributed by atoms with E-state index in [-0.39, 0.29) is 18.4 Å². The molecular weight excluding hydrogens is 442 g/mol. The largest absolute Gasteiger partial charge is 0.465 e. The zero-order valence-electron chi connectivity index (χ0n) is 20.5. The van der Waals surface area contributed by atoms with Crippen LogP contribution in [0.15, 0.2) is 54.6 Å². The summed E-state index contributed by atoms with van der Waals surface area (Å²) in [5, 5.41) is 15.3. The number of fused-ring (bicyclic) bond motifs is 1. The van der Waals surface area contributed by atoms with Gasteiger partial charge in [0.2, 0.25) is 0 Å². The summed E-state index contributed by atoms with van der Waals surface area (Å²) in [5.74, 6) is -1.29. The van der Waals surface area contributed by atoms with Crippen molar-refractivity contribution in [3.05, 3.63) is 77.0 Å². The lowest BCUT2D eigenvalue weighted by Crippen LogP contribution is -2.44. The topological polar surface area (TPSA) is 91.8 Å². The Balaban J connectivity index is 1.44. The lowest BCUT2D eigenvalue weighted by molar-refractivity contribution is -0.154. The van der Waals surface area contributed by atoms with Gasteiger partial charge in [-0.3, -0.25) is 14.6 Å². The SMILES string of the molecule is CCCCOC(=O)[C@H]1C(C)N(O)C[C@H]1NC(=O)c1ccc(Cc2cc(C)nc3ccccc23)cc1. The van der Waals surface area contributed by atoms with Gasteiger partial charge in [0, 0.05) is 29.2 Å². The number of para-hydroxylation sites is 1. The molecule has 0 bridgehead atoms. The fourth-order valence-corrected chi connectivity index (χ4v) is 4.70. The van der Waals surface area contributed by atoms with E-state index in [1.807, 2.05) is 44.2 Å². The quantitative estimate of drug-likeness (QED) is 0.373. The Kier molecular flexibility index (Phi) is 7.78. The number of carbonyl (C=O) groups excluding carboxylic acids is 2. The van der Waals surface area contributed by atoms with Gasteiger partial charge in [0.15, 0.2) is 0 Å². The van der Waals surface area contributed by atoms with E-state index in [0.29, 0.717) is 12.2 Å². The van der Waals surface area contributed by atoms with Crippen LogP contribution in [0, 0.1) is 12.8 Å². The van der Waals surface area contributed by atoms with Crippen LogP contribution in [0.1, 0.15) is 53.9 Å². The molecule has 7 nitrogen and oxygen atoms in total. The van der Waals surface area contributed by atoms with Gasteiger partial charge in [0.25, 0.3) is 5.91 Å². The third kappa shape index (κ3) is 5.69. The second-order valence-electron chi connectivity index (χ2n) is 9.30. The van der Waals surface area contributed by atoms with Gasteiger partial charge < -0.3 is 15.3 Å². The summed E-state index contributed by atoms with van der Waals surface area (Å²) in [6.07, 6.45) is 2.44. The molecule has 2 aromatic carbocycles. The van der Waals surface area contributed by atoms with Gasteiger partial charge in [-0.25, -0.2) is 0 Å². The monoisotopic (exact) mass is 475 g/mol. The van der Waals surface area contributed by atoms with Gasteiger partial charge in [0.05, 0.1) is 24.1 Å². The van der Waals surface area contributed by atoms with Crippen molar-refractivity contribution in [2.24, 2.45) is 5.92 Å². The minimum Gasteiger partial charge on any atom is -0.465 e. The molecule has 0 aliphatic carbocycles. The summed E-state index contributed by atoms with van der Waals surface area (Å²) >= 11 is 0. The average Bonchev–Trinajstić information content (AvgIpc) is 3.12. The smallest absolute Gasteiger partial charge is 0.312 e. The number of unbranched alkanes of at least 4 members (excludes halogenated alkanes) is 1. The minimum atomic E-state index is -0.622. The molecule has 1 aromatic heterocycles. The number of rotatable bonds is 8. The fraction of sp³-hybridized carbons (Fsp3) is 0.393. The van der Waals surface area contributed by atoms with Crippen LogP contribution in [0.3, 0.4) is 0 Å². The van der Waals surface area contributed by atoms with Crippen LogP contribution >= 0.6 is 0 Å². The van der Waals surface area contributed by atoms with Crippen molar-refractivity contribution in [1.29, 1.82) is 0 Å². The van der Waals surface area contributed by atoms with Crippen LogP contribution < -0.4 is 5.32 Å². The second kappa shape index (κ2) is 11.0. The van der Waals surface area contributed by atoms with Gasteiger partial charge in [0.1, 0.15) is 0 Å². The Morgan fingerprint density at radius 1 is 1.17 bits per heavy atom. The molecule has 3 atom stereocenters. The number of pyridine rings is 1. The van der Waals surface area contributed by atoms with E-state index in [1.165, 1.54) is 5.56 Å². The maximum Gasteiger partial charge on any atom is 0.312 e. The van der Waals surface area contributed by atoms with Crippen LogP contribution in [0.2, 0.25) is 0 Å². The van der Waals surface area contributed by atoms with Crippen molar-refractivity contribution < 1.29 is 19.5 Å². The van der Waals surface area contributed by atoms with Crippen LogP contribution in [0.5, 0.6) is 0 Å². The van der Waals surface area contributed by atoms with Gasteiger partial charge in [-0.2, -0.15) is 5.06 Å². The van der Waals surface area contributed by atoms with Crippen LogP contribution in [-0.4, -0.2) is 52.4 Å². The first-order chi connectivity index (χ1) is 16.9. The first-order valence-electron chi connectivity index (χ1n) is 12.2. The minimum absolute atomic E-state index is 0.174. The van der Waals surface area contributed by atoms with E-state index in [4.69, 9.17) is 4.74 Å². The highest BCUT2D eigenvalue weighted by Crippen LogP contribution is 2.25. The van der Waals surface area contributed by atoms with E-state index in [0.717, 1.165) is 46.5 Å². The molecule has 4 rings (SSSR count). The lowest BCUT2D eigenvalue weighted by Gasteiger charge is -2.21. The zero-order chi connectivity index (χ0) is 24.9. The van der Waals surface area contributed by atoms with Crippen molar-refractivity contribution in [2.75, 3.05) is 13.2 Å². The highest BCUT2D eigenvalue weighted by molar-refractivity contribution is 5.95. The van der Waals surface area contributed by atoms with Gasteiger partial charge >= 0.3 is 5.97 Å². The highest BCUT2D eigenvalue weighted by Gasteiger charge is 2.45. The predicted molar refractivity (Wildman–Crippen MR) is 134 cm³/mol. The average molecular weight is 476 g/mol. The third-order valence-corrected chi connectivity index (χ3v) is 6.68. The number of hydrogen-bond acceptors (Lipinski definition) is 6. The van der Waals surface area contributed by atoms with E-state index in [2.05, 4.69) is 22.4 Å². The Hall–Kier alpha value is -3.29. The van der Waals surface area contributed by atoms with Gasteiger partial charge in [-0.15, -0.1) is 0 Å². The number of amides is 1. The summed E-state index contributed by atoms with van der Waals surface area (Å²) in [7, 11) is 0. The Bertz CT molecular complexity index is 1190.